The predicted octanol–water partition coefficient (Wildman–Crippen LogP) is 3.40. The highest BCUT2D eigenvalue weighted by Gasteiger charge is 2.17. The number of benzene rings is 1. The minimum atomic E-state index is -2.83. The third kappa shape index (κ3) is 3.65. The highest BCUT2D eigenvalue weighted by Crippen LogP contribution is 2.23. The van der Waals surface area contributed by atoms with Gasteiger partial charge in [-0.05, 0) is 12.1 Å². The van der Waals surface area contributed by atoms with Crippen LogP contribution in [0.3, 0.4) is 0 Å². The largest absolute Gasteiger partial charge is 0.415 e. The monoisotopic (exact) mass is 387 g/mol. The molecule has 0 bridgehead atoms. The van der Waals surface area contributed by atoms with E-state index >= 15 is 0 Å². The summed E-state index contributed by atoms with van der Waals surface area (Å²) in [4.78, 5) is 16.2. The van der Waals surface area contributed by atoms with Crippen LogP contribution in [0.1, 0.15) is 18.0 Å². The molecule has 0 amide bonds. The van der Waals surface area contributed by atoms with Crippen LogP contribution in [0, 0.1) is 0 Å². The van der Waals surface area contributed by atoms with E-state index in [2.05, 4.69) is 20.3 Å². The first-order chi connectivity index (χ1) is 13.1. The first-order valence-corrected chi connectivity index (χ1v) is 8.62. The third-order valence-corrected chi connectivity index (χ3v) is 4.53. The molecular formula is C17H11F2N5O2S. The van der Waals surface area contributed by atoms with Crippen LogP contribution in [0.15, 0.2) is 57.9 Å². The van der Waals surface area contributed by atoms with Crippen molar-refractivity contribution in [2.24, 2.45) is 0 Å². The van der Waals surface area contributed by atoms with Gasteiger partial charge in [0, 0.05) is 11.8 Å². The molecule has 0 fully saturated rings. The van der Waals surface area contributed by atoms with Crippen molar-refractivity contribution in [3.05, 3.63) is 69.9 Å². The van der Waals surface area contributed by atoms with Crippen molar-refractivity contribution in [1.29, 1.82) is 0 Å². The predicted molar refractivity (Wildman–Crippen MR) is 93.4 cm³/mol. The van der Waals surface area contributed by atoms with E-state index in [0.717, 1.165) is 16.9 Å². The molecule has 136 valence electrons. The van der Waals surface area contributed by atoms with Gasteiger partial charge in [-0.15, -0.1) is 10.2 Å². The van der Waals surface area contributed by atoms with Crippen molar-refractivity contribution < 1.29 is 13.2 Å². The second-order valence-corrected chi connectivity index (χ2v) is 6.42. The lowest BCUT2D eigenvalue weighted by Gasteiger charge is -2.01. The van der Waals surface area contributed by atoms with Crippen LogP contribution in [-0.2, 0) is 6.54 Å². The van der Waals surface area contributed by atoms with Crippen LogP contribution >= 0.6 is 11.3 Å². The van der Waals surface area contributed by atoms with E-state index in [1.807, 2.05) is 30.3 Å². The van der Waals surface area contributed by atoms with Crippen molar-refractivity contribution in [3.8, 4) is 22.0 Å². The molecule has 0 saturated carbocycles. The number of pyridine rings is 1. The van der Waals surface area contributed by atoms with Crippen molar-refractivity contribution >= 4 is 11.3 Å². The molecule has 3 heterocycles. The molecule has 0 atom stereocenters. The van der Waals surface area contributed by atoms with Gasteiger partial charge in [-0.25, -0.2) is 4.68 Å². The van der Waals surface area contributed by atoms with Crippen LogP contribution < -0.4 is 4.87 Å². The summed E-state index contributed by atoms with van der Waals surface area (Å²) in [5.74, 6) is -0.780. The Bertz CT molecular complexity index is 1110. The van der Waals surface area contributed by atoms with Crippen LogP contribution in [-0.4, -0.2) is 25.0 Å². The summed E-state index contributed by atoms with van der Waals surface area (Å²) in [5.41, 5.74) is 1.86. The Morgan fingerprint density at radius 3 is 2.56 bits per heavy atom. The van der Waals surface area contributed by atoms with Gasteiger partial charge in [0.2, 0.25) is 5.89 Å². The second-order valence-electron chi connectivity index (χ2n) is 5.48. The number of alkyl halides is 2. The molecule has 4 rings (SSSR count). The topological polar surface area (TPSA) is 86.7 Å². The highest BCUT2D eigenvalue weighted by molar-refractivity contribution is 7.12. The maximum Gasteiger partial charge on any atom is 0.325 e. The van der Waals surface area contributed by atoms with Gasteiger partial charge >= 0.3 is 11.3 Å². The van der Waals surface area contributed by atoms with E-state index in [9.17, 15) is 13.6 Å². The summed E-state index contributed by atoms with van der Waals surface area (Å²) < 4.78 is 31.2. The molecule has 0 radical (unpaired) electrons. The maximum atomic E-state index is 12.5. The molecule has 1 aromatic carbocycles. The Hall–Kier alpha value is -3.27. The number of nitrogens with zero attached hydrogens (tertiary/aromatic N) is 5. The summed E-state index contributed by atoms with van der Waals surface area (Å²) in [6.07, 6.45) is -1.40. The van der Waals surface area contributed by atoms with Crippen molar-refractivity contribution in [2.75, 3.05) is 0 Å². The molecule has 0 aliphatic rings. The molecule has 0 saturated heterocycles. The SMILES string of the molecule is O=c1sc(-c2ccccc2)nn1Cc1ccc(-c2nnc(C(F)F)o2)cn1. The van der Waals surface area contributed by atoms with Gasteiger partial charge in [0.1, 0.15) is 5.01 Å². The van der Waals surface area contributed by atoms with Gasteiger partial charge < -0.3 is 4.42 Å². The van der Waals surface area contributed by atoms with Gasteiger partial charge in [0.25, 0.3) is 5.89 Å². The second kappa shape index (κ2) is 7.16. The van der Waals surface area contributed by atoms with Gasteiger partial charge in [0.05, 0.1) is 17.8 Å². The molecule has 10 heteroatoms. The van der Waals surface area contributed by atoms with Crippen LogP contribution in [0.25, 0.3) is 22.0 Å². The zero-order chi connectivity index (χ0) is 18.8. The quantitative estimate of drug-likeness (QED) is 0.522. The van der Waals surface area contributed by atoms with Crippen LogP contribution in [0.4, 0.5) is 8.78 Å². The maximum absolute atomic E-state index is 12.5. The van der Waals surface area contributed by atoms with E-state index in [4.69, 9.17) is 4.42 Å². The Morgan fingerprint density at radius 1 is 1.07 bits per heavy atom. The summed E-state index contributed by atoms with van der Waals surface area (Å²) in [7, 11) is 0. The molecule has 0 N–H and O–H groups in total. The molecule has 0 aliphatic carbocycles. The Kier molecular flexibility index (Phi) is 4.55. The zero-order valence-electron chi connectivity index (χ0n) is 13.6. The minimum Gasteiger partial charge on any atom is -0.415 e. The van der Waals surface area contributed by atoms with E-state index in [1.165, 1.54) is 10.9 Å². The first kappa shape index (κ1) is 17.2. The van der Waals surface area contributed by atoms with Crippen LogP contribution in [0.2, 0.25) is 0 Å². The van der Waals surface area contributed by atoms with Gasteiger partial charge in [-0.3, -0.25) is 9.78 Å². The Morgan fingerprint density at radius 2 is 1.89 bits per heavy atom. The Labute approximate surface area is 155 Å². The molecule has 3 aromatic heterocycles. The van der Waals surface area contributed by atoms with E-state index in [1.54, 1.807) is 12.1 Å². The molecule has 0 spiro atoms. The summed E-state index contributed by atoms with van der Waals surface area (Å²) in [6, 6.07) is 12.7. The van der Waals surface area contributed by atoms with E-state index < -0.39 is 12.3 Å². The van der Waals surface area contributed by atoms with Gasteiger partial charge in [-0.2, -0.15) is 13.9 Å². The molecule has 7 nitrogen and oxygen atoms in total. The molecule has 0 unspecified atom stereocenters. The van der Waals surface area contributed by atoms with Crippen LogP contribution in [0.5, 0.6) is 0 Å². The molecule has 27 heavy (non-hydrogen) atoms. The smallest absolute Gasteiger partial charge is 0.325 e. The molecular weight excluding hydrogens is 376 g/mol. The van der Waals surface area contributed by atoms with Gasteiger partial charge in [-0.1, -0.05) is 41.7 Å². The van der Waals surface area contributed by atoms with Crippen molar-refractivity contribution in [2.45, 2.75) is 13.0 Å². The highest BCUT2D eigenvalue weighted by atomic mass is 32.1. The number of hydrogen-bond donors (Lipinski definition) is 0. The van der Waals surface area contributed by atoms with Crippen molar-refractivity contribution in [1.82, 2.24) is 25.0 Å². The Balaban J connectivity index is 1.53. The van der Waals surface area contributed by atoms with Gasteiger partial charge in [0.15, 0.2) is 0 Å². The van der Waals surface area contributed by atoms with Crippen molar-refractivity contribution in [3.63, 3.8) is 0 Å². The fourth-order valence-corrected chi connectivity index (χ4v) is 3.11. The lowest BCUT2D eigenvalue weighted by Crippen LogP contribution is -2.16. The fraction of sp³-hybridized carbons (Fsp3) is 0.118. The summed E-state index contributed by atoms with van der Waals surface area (Å²) in [6.45, 7) is 0.189. The number of rotatable bonds is 5. The number of halogens is 2. The number of hydrogen-bond acceptors (Lipinski definition) is 7. The minimum absolute atomic E-state index is 0.0402. The van der Waals surface area contributed by atoms with E-state index in [-0.39, 0.29) is 17.3 Å². The lowest BCUT2D eigenvalue weighted by molar-refractivity contribution is 0.116. The number of aromatic nitrogens is 5. The first-order valence-electron chi connectivity index (χ1n) is 7.80. The zero-order valence-corrected chi connectivity index (χ0v) is 14.4. The van der Waals surface area contributed by atoms with E-state index in [0.29, 0.717) is 16.3 Å². The standard InChI is InChI=1S/C17H11F2N5O2S/c18-13(19)15-22-21-14(26-15)11-6-7-12(20-8-11)9-24-17(25)27-16(23-24)10-4-2-1-3-5-10/h1-8,13H,9H2. The molecule has 0 aliphatic heterocycles. The average Bonchev–Trinajstić information content (AvgIpc) is 3.31. The third-order valence-electron chi connectivity index (χ3n) is 3.64. The summed E-state index contributed by atoms with van der Waals surface area (Å²) in [5, 5.41) is 11.8. The fourth-order valence-electron chi connectivity index (χ4n) is 2.34. The normalized spacial score (nSPS) is 11.2. The lowest BCUT2D eigenvalue weighted by atomic mass is 10.2. The summed E-state index contributed by atoms with van der Waals surface area (Å²) >= 11 is 1.06. The average molecular weight is 387 g/mol. The molecule has 4 aromatic rings.